The van der Waals surface area contributed by atoms with Gasteiger partial charge in [0, 0.05) is 20.7 Å². The molecule has 0 aromatic rings. The minimum absolute atomic E-state index is 0.0965. The zero-order chi connectivity index (χ0) is 14.3. The summed E-state index contributed by atoms with van der Waals surface area (Å²) in [5, 5.41) is 8.66. The number of ether oxygens (including phenoxy) is 1. The van der Waals surface area contributed by atoms with E-state index in [1.165, 1.54) is 14.2 Å². The van der Waals surface area contributed by atoms with Crippen LogP contribution in [0.15, 0.2) is 0 Å². The van der Waals surface area contributed by atoms with Crippen molar-refractivity contribution in [2.45, 2.75) is 0 Å². The van der Waals surface area contributed by atoms with Gasteiger partial charge in [0.15, 0.2) is 0 Å². The number of carboxylic acid groups (broad SMARTS) is 1. The average molecular weight is 282 g/mol. The van der Waals surface area contributed by atoms with Crippen molar-refractivity contribution >= 4 is 21.9 Å². The first kappa shape index (κ1) is 16.8. The predicted molar refractivity (Wildman–Crippen MR) is 63.6 cm³/mol. The normalized spacial score (nSPS) is 11.6. The third-order valence-corrected chi connectivity index (χ3v) is 3.43. The lowest BCUT2D eigenvalue weighted by molar-refractivity contribution is -0.144. The van der Waals surface area contributed by atoms with Gasteiger partial charge >= 0.3 is 5.97 Å². The van der Waals surface area contributed by atoms with E-state index < -0.39 is 35.0 Å². The Morgan fingerprint density at radius 1 is 1.28 bits per heavy atom. The first-order valence-corrected chi connectivity index (χ1v) is 6.93. The van der Waals surface area contributed by atoms with Crippen molar-refractivity contribution in [3.05, 3.63) is 0 Å². The monoisotopic (exact) mass is 282 g/mol. The highest BCUT2D eigenvalue weighted by Crippen LogP contribution is 1.97. The van der Waals surface area contributed by atoms with Crippen molar-refractivity contribution in [2.75, 3.05) is 46.7 Å². The maximum absolute atomic E-state index is 11.7. The summed E-state index contributed by atoms with van der Waals surface area (Å²) in [7, 11) is -0.798. The molecule has 0 atom stereocenters. The molecule has 9 heteroatoms. The number of methoxy groups -OCH3 is 1. The number of hydrogen-bond acceptors (Lipinski definition) is 5. The fourth-order valence-electron chi connectivity index (χ4n) is 1.06. The fraction of sp³-hybridized carbons (Fsp3) is 0.778. The number of nitrogens with zero attached hydrogens (tertiary/aromatic N) is 2. The Balaban J connectivity index is 4.59. The number of aliphatic carboxylic acids is 1. The molecule has 0 saturated heterocycles. The number of carbonyl (C=O) groups excluding carboxylic acids is 1. The standard InChI is InChI=1S/C9H18N2O6S/c1-10(18(3,15)16)6-8(12)11(4-5-17-2)7-9(13)14/h4-7H2,1-3H3,(H,13,14). The highest BCUT2D eigenvalue weighted by molar-refractivity contribution is 7.88. The SMILES string of the molecule is COCCN(CC(=O)O)C(=O)CN(C)S(C)(=O)=O. The number of amides is 1. The second-order valence-electron chi connectivity index (χ2n) is 3.72. The number of carbonyl (C=O) groups is 2. The third kappa shape index (κ3) is 6.52. The summed E-state index contributed by atoms with van der Waals surface area (Å²) < 4.78 is 27.9. The van der Waals surface area contributed by atoms with Gasteiger partial charge in [-0.05, 0) is 0 Å². The molecular formula is C9H18N2O6S. The van der Waals surface area contributed by atoms with Crippen molar-refractivity contribution < 1.29 is 27.9 Å². The van der Waals surface area contributed by atoms with Crippen LogP contribution in [-0.2, 0) is 24.3 Å². The largest absolute Gasteiger partial charge is 0.480 e. The highest BCUT2D eigenvalue weighted by Gasteiger charge is 2.21. The minimum atomic E-state index is -3.47. The lowest BCUT2D eigenvalue weighted by Crippen LogP contribution is -2.44. The van der Waals surface area contributed by atoms with Gasteiger partial charge in [-0.15, -0.1) is 0 Å². The number of rotatable bonds is 8. The van der Waals surface area contributed by atoms with Gasteiger partial charge in [-0.1, -0.05) is 0 Å². The average Bonchev–Trinajstić information content (AvgIpc) is 2.22. The molecule has 0 saturated carbocycles. The molecule has 1 amide bonds. The van der Waals surface area contributed by atoms with E-state index in [2.05, 4.69) is 0 Å². The summed E-state index contributed by atoms with van der Waals surface area (Å²) in [6, 6.07) is 0. The molecular weight excluding hydrogens is 264 g/mol. The molecule has 0 aliphatic rings. The molecule has 18 heavy (non-hydrogen) atoms. The Hall–Kier alpha value is -1.19. The second-order valence-corrected chi connectivity index (χ2v) is 5.81. The molecule has 0 aromatic heterocycles. The van der Waals surface area contributed by atoms with Gasteiger partial charge in [0.2, 0.25) is 15.9 Å². The van der Waals surface area contributed by atoms with Gasteiger partial charge in [0.05, 0.1) is 19.4 Å². The van der Waals surface area contributed by atoms with Gasteiger partial charge in [-0.3, -0.25) is 9.59 Å². The van der Waals surface area contributed by atoms with Crippen molar-refractivity contribution in [1.29, 1.82) is 0 Å². The summed E-state index contributed by atoms with van der Waals surface area (Å²) in [5.74, 6) is -1.75. The van der Waals surface area contributed by atoms with Crippen LogP contribution in [0.1, 0.15) is 0 Å². The molecule has 0 rings (SSSR count). The van der Waals surface area contributed by atoms with E-state index in [-0.39, 0.29) is 13.2 Å². The van der Waals surface area contributed by atoms with Crippen LogP contribution in [0, 0.1) is 0 Å². The Morgan fingerprint density at radius 3 is 2.22 bits per heavy atom. The maximum atomic E-state index is 11.7. The molecule has 0 heterocycles. The van der Waals surface area contributed by atoms with Crippen LogP contribution >= 0.6 is 0 Å². The molecule has 0 unspecified atom stereocenters. The second kappa shape index (κ2) is 7.29. The molecule has 0 bridgehead atoms. The minimum Gasteiger partial charge on any atom is -0.480 e. The zero-order valence-corrected chi connectivity index (χ0v) is 11.4. The van der Waals surface area contributed by atoms with Crippen molar-refractivity contribution in [1.82, 2.24) is 9.21 Å². The van der Waals surface area contributed by atoms with Crippen LogP contribution in [0.2, 0.25) is 0 Å². The fourth-order valence-corrected chi connectivity index (χ4v) is 1.41. The first-order valence-electron chi connectivity index (χ1n) is 5.08. The highest BCUT2D eigenvalue weighted by atomic mass is 32.2. The van der Waals surface area contributed by atoms with Gasteiger partial charge in [0.1, 0.15) is 6.54 Å². The summed E-state index contributed by atoms with van der Waals surface area (Å²) in [4.78, 5) is 23.4. The Kier molecular flexibility index (Phi) is 6.81. The smallest absolute Gasteiger partial charge is 0.323 e. The van der Waals surface area contributed by atoms with Crippen LogP contribution in [0.5, 0.6) is 0 Å². The molecule has 0 aliphatic heterocycles. The maximum Gasteiger partial charge on any atom is 0.323 e. The van der Waals surface area contributed by atoms with Crippen LogP contribution in [-0.4, -0.2) is 81.3 Å². The van der Waals surface area contributed by atoms with Gasteiger partial charge < -0.3 is 14.7 Å². The lowest BCUT2D eigenvalue weighted by atomic mass is 10.4. The molecule has 0 aromatic carbocycles. The number of sulfonamides is 1. The molecule has 1 N–H and O–H groups in total. The third-order valence-electron chi connectivity index (χ3n) is 2.17. The van der Waals surface area contributed by atoms with Crippen molar-refractivity contribution in [2.24, 2.45) is 0 Å². The number of carboxylic acids is 1. The number of hydrogen-bond donors (Lipinski definition) is 1. The topological polar surface area (TPSA) is 104 Å². The molecule has 106 valence electrons. The van der Waals surface area contributed by atoms with Crippen LogP contribution in [0.25, 0.3) is 0 Å². The van der Waals surface area contributed by atoms with Crippen molar-refractivity contribution in [3.8, 4) is 0 Å². The predicted octanol–water partition coefficient (Wildman–Crippen LogP) is -1.56. The van der Waals surface area contributed by atoms with E-state index in [4.69, 9.17) is 9.84 Å². The van der Waals surface area contributed by atoms with Crippen LogP contribution in [0.3, 0.4) is 0 Å². The van der Waals surface area contributed by atoms with Gasteiger partial charge in [-0.2, -0.15) is 4.31 Å². The van der Waals surface area contributed by atoms with Crippen LogP contribution in [0.4, 0.5) is 0 Å². The lowest BCUT2D eigenvalue weighted by Gasteiger charge is -2.22. The summed E-state index contributed by atoms with van der Waals surface area (Å²) >= 11 is 0. The van der Waals surface area contributed by atoms with E-state index in [0.29, 0.717) is 0 Å². The van der Waals surface area contributed by atoms with Gasteiger partial charge in [-0.25, -0.2) is 8.42 Å². The van der Waals surface area contributed by atoms with E-state index in [1.807, 2.05) is 0 Å². The Labute approximate surface area is 106 Å². The molecule has 0 fully saturated rings. The Morgan fingerprint density at radius 2 is 1.83 bits per heavy atom. The van der Waals surface area contributed by atoms with Crippen LogP contribution < -0.4 is 0 Å². The van der Waals surface area contributed by atoms with E-state index in [1.54, 1.807) is 0 Å². The summed E-state index contributed by atoms with van der Waals surface area (Å²) in [5.41, 5.74) is 0. The van der Waals surface area contributed by atoms with Crippen molar-refractivity contribution in [3.63, 3.8) is 0 Å². The quantitative estimate of drug-likeness (QED) is 0.577. The summed E-state index contributed by atoms with van der Waals surface area (Å²) in [6.45, 7) is -0.601. The number of likely N-dealkylation sites (N-methyl/N-ethyl adjacent to an activating group) is 1. The molecule has 0 spiro atoms. The zero-order valence-electron chi connectivity index (χ0n) is 10.6. The first-order chi connectivity index (χ1) is 8.18. The molecule has 0 radical (unpaired) electrons. The molecule has 8 nitrogen and oxygen atoms in total. The van der Waals surface area contributed by atoms with Gasteiger partial charge in [0.25, 0.3) is 0 Å². The van der Waals surface area contributed by atoms with E-state index in [0.717, 1.165) is 15.5 Å². The Bertz CT molecular complexity index is 394. The molecule has 0 aliphatic carbocycles. The van der Waals surface area contributed by atoms with E-state index >= 15 is 0 Å². The summed E-state index contributed by atoms with van der Waals surface area (Å²) in [6.07, 6.45) is 0.969. The van der Waals surface area contributed by atoms with E-state index in [9.17, 15) is 18.0 Å².